The molecule has 1 aromatic rings. The van der Waals surface area contributed by atoms with Crippen molar-refractivity contribution in [2.75, 3.05) is 19.8 Å². The Morgan fingerprint density at radius 2 is 1.29 bits per heavy atom. The predicted octanol–water partition coefficient (Wildman–Crippen LogP) is 4.93. The van der Waals surface area contributed by atoms with Crippen LogP contribution in [-0.2, 0) is 13.3 Å². The molecule has 0 amide bonds. The van der Waals surface area contributed by atoms with Gasteiger partial charge in [-0.3, -0.25) is 0 Å². The number of benzene rings is 1. The summed E-state index contributed by atoms with van der Waals surface area (Å²) < 4.78 is 19.0. The molecule has 0 radical (unpaired) electrons. The molecule has 0 bridgehead atoms. The summed E-state index contributed by atoms with van der Waals surface area (Å²) >= 11 is 0. The summed E-state index contributed by atoms with van der Waals surface area (Å²) in [7, 11) is -2.92. The van der Waals surface area contributed by atoms with Crippen LogP contribution < -0.4 is 5.19 Å². The SMILES string of the molecule is C=Cc1ccccc1[Si](OCCCC)(OCCCC)OCCCC. The molecule has 3 nitrogen and oxygen atoms in total. The van der Waals surface area contributed by atoms with Crippen molar-refractivity contribution in [2.24, 2.45) is 0 Å². The van der Waals surface area contributed by atoms with E-state index in [4.69, 9.17) is 13.3 Å². The van der Waals surface area contributed by atoms with Crippen LogP contribution in [0.2, 0.25) is 0 Å². The van der Waals surface area contributed by atoms with E-state index in [-0.39, 0.29) is 0 Å². The first-order chi connectivity index (χ1) is 11.7. The van der Waals surface area contributed by atoms with E-state index >= 15 is 0 Å². The van der Waals surface area contributed by atoms with Crippen molar-refractivity contribution in [3.63, 3.8) is 0 Å². The Morgan fingerprint density at radius 1 is 0.833 bits per heavy atom. The third-order valence-corrected chi connectivity index (χ3v) is 6.75. The summed E-state index contributed by atoms with van der Waals surface area (Å²) in [5.74, 6) is 0. The topological polar surface area (TPSA) is 27.7 Å². The highest BCUT2D eigenvalue weighted by molar-refractivity contribution is 6.76. The molecule has 0 unspecified atom stereocenters. The summed E-state index contributed by atoms with van der Waals surface area (Å²) in [4.78, 5) is 0. The lowest BCUT2D eigenvalue weighted by molar-refractivity contribution is 0.0700. The third kappa shape index (κ3) is 6.52. The van der Waals surface area contributed by atoms with Crippen LogP contribution in [0.15, 0.2) is 30.8 Å². The molecule has 0 atom stereocenters. The molecule has 136 valence electrons. The van der Waals surface area contributed by atoms with Crippen LogP contribution in [0.4, 0.5) is 0 Å². The van der Waals surface area contributed by atoms with Gasteiger partial charge >= 0.3 is 8.80 Å². The van der Waals surface area contributed by atoms with Gasteiger partial charge in [0, 0.05) is 25.0 Å². The van der Waals surface area contributed by atoms with E-state index in [0.29, 0.717) is 19.8 Å². The molecule has 1 aromatic carbocycles. The van der Waals surface area contributed by atoms with Crippen molar-refractivity contribution in [1.29, 1.82) is 0 Å². The normalized spacial score (nSPS) is 11.6. The van der Waals surface area contributed by atoms with Gasteiger partial charge in [-0.05, 0) is 24.8 Å². The highest BCUT2D eigenvalue weighted by atomic mass is 28.4. The Bertz CT molecular complexity index is 435. The lowest BCUT2D eigenvalue weighted by Gasteiger charge is -2.31. The van der Waals surface area contributed by atoms with Gasteiger partial charge in [0.2, 0.25) is 0 Å². The molecule has 0 N–H and O–H groups in total. The van der Waals surface area contributed by atoms with Crippen LogP contribution in [0.5, 0.6) is 0 Å². The number of hydrogen-bond acceptors (Lipinski definition) is 3. The van der Waals surface area contributed by atoms with Gasteiger partial charge in [0.05, 0.1) is 0 Å². The first-order valence-electron chi connectivity index (χ1n) is 9.37. The van der Waals surface area contributed by atoms with Crippen molar-refractivity contribution < 1.29 is 13.3 Å². The Hall–Kier alpha value is -0.943. The van der Waals surface area contributed by atoms with Gasteiger partial charge in [-0.15, -0.1) is 0 Å². The van der Waals surface area contributed by atoms with E-state index in [1.54, 1.807) is 0 Å². The molecular formula is C20H34O3Si. The van der Waals surface area contributed by atoms with Gasteiger partial charge in [0.25, 0.3) is 0 Å². The fourth-order valence-corrected chi connectivity index (χ4v) is 5.16. The van der Waals surface area contributed by atoms with Crippen molar-refractivity contribution in [3.8, 4) is 0 Å². The summed E-state index contributed by atoms with van der Waals surface area (Å²) in [5, 5.41) is 1.04. The van der Waals surface area contributed by atoms with E-state index in [1.807, 2.05) is 18.2 Å². The second-order valence-corrected chi connectivity index (χ2v) is 8.47. The molecule has 4 heteroatoms. The molecule has 0 saturated heterocycles. The van der Waals surface area contributed by atoms with Crippen LogP contribution in [0, 0.1) is 0 Å². The molecule has 0 aliphatic heterocycles. The lowest BCUT2D eigenvalue weighted by Crippen LogP contribution is -2.58. The maximum absolute atomic E-state index is 6.34. The molecule has 0 spiro atoms. The number of hydrogen-bond donors (Lipinski definition) is 0. The minimum Gasteiger partial charge on any atom is -0.370 e. The van der Waals surface area contributed by atoms with Gasteiger partial charge < -0.3 is 13.3 Å². The second-order valence-electron chi connectivity index (χ2n) is 5.95. The largest absolute Gasteiger partial charge is 0.537 e. The molecule has 0 heterocycles. The van der Waals surface area contributed by atoms with Crippen molar-refractivity contribution in [1.82, 2.24) is 0 Å². The second kappa shape index (κ2) is 12.4. The quantitative estimate of drug-likeness (QED) is 0.352. The smallest absolute Gasteiger partial charge is 0.370 e. The van der Waals surface area contributed by atoms with Gasteiger partial charge in [0.15, 0.2) is 0 Å². The van der Waals surface area contributed by atoms with E-state index in [0.717, 1.165) is 49.3 Å². The summed E-state index contributed by atoms with van der Waals surface area (Å²) in [6, 6.07) is 8.18. The molecule has 24 heavy (non-hydrogen) atoms. The van der Waals surface area contributed by atoms with Crippen molar-refractivity contribution >= 4 is 20.1 Å². The first-order valence-corrected chi connectivity index (χ1v) is 11.1. The monoisotopic (exact) mass is 350 g/mol. The van der Waals surface area contributed by atoms with Gasteiger partial charge in [-0.2, -0.15) is 0 Å². The first kappa shape index (κ1) is 21.1. The van der Waals surface area contributed by atoms with E-state index in [1.165, 1.54) is 0 Å². The zero-order valence-corrected chi connectivity index (χ0v) is 16.7. The third-order valence-electron chi connectivity index (χ3n) is 3.88. The van der Waals surface area contributed by atoms with Crippen molar-refractivity contribution in [3.05, 3.63) is 36.4 Å². The van der Waals surface area contributed by atoms with E-state index < -0.39 is 8.80 Å². The fourth-order valence-electron chi connectivity index (χ4n) is 2.36. The highest BCUT2D eigenvalue weighted by Gasteiger charge is 2.45. The molecular weight excluding hydrogens is 316 g/mol. The highest BCUT2D eigenvalue weighted by Crippen LogP contribution is 2.17. The average Bonchev–Trinajstić information content (AvgIpc) is 2.62. The van der Waals surface area contributed by atoms with Crippen LogP contribution in [0.1, 0.15) is 64.9 Å². The Balaban J connectivity index is 3.11. The minimum absolute atomic E-state index is 0.673. The lowest BCUT2D eigenvalue weighted by atomic mass is 10.2. The van der Waals surface area contributed by atoms with Crippen LogP contribution in [0.25, 0.3) is 6.08 Å². The predicted molar refractivity (Wildman–Crippen MR) is 105 cm³/mol. The fraction of sp³-hybridized carbons (Fsp3) is 0.600. The average molecular weight is 351 g/mol. The summed E-state index contributed by atoms with van der Waals surface area (Å²) in [6.45, 7) is 12.5. The van der Waals surface area contributed by atoms with E-state index in [9.17, 15) is 0 Å². The van der Waals surface area contributed by atoms with Gasteiger partial charge in [0.1, 0.15) is 0 Å². The van der Waals surface area contributed by atoms with Gasteiger partial charge in [-0.25, -0.2) is 0 Å². The number of unbranched alkanes of at least 4 members (excludes halogenated alkanes) is 3. The standard InChI is InChI=1S/C20H34O3Si/c1-5-9-16-21-24(22-17-10-6-2,23-18-11-7-3)20-15-13-12-14-19(20)8-4/h8,12-15H,4-7,9-11,16-18H2,1-3H3. The number of rotatable bonds is 14. The van der Waals surface area contributed by atoms with Crippen LogP contribution >= 0.6 is 0 Å². The molecule has 0 saturated carbocycles. The van der Waals surface area contributed by atoms with Crippen molar-refractivity contribution in [2.45, 2.75) is 59.3 Å². The Kier molecular flexibility index (Phi) is 10.9. The zero-order chi connectivity index (χ0) is 17.7. The van der Waals surface area contributed by atoms with Crippen LogP contribution in [0.3, 0.4) is 0 Å². The molecule has 0 aliphatic carbocycles. The molecule has 0 aromatic heterocycles. The maximum Gasteiger partial charge on any atom is 0.537 e. The van der Waals surface area contributed by atoms with Crippen LogP contribution in [-0.4, -0.2) is 28.6 Å². The minimum atomic E-state index is -2.92. The van der Waals surface area contributed by atoms with E-state index in [2.05, 4.69) is 39.5 Å². The molecule has 0 fully saturated rings. The molecule has 0 aliphatic rings. The zero-order valence-electron chi connectivity index (χ0n) is 15.7. The molecule has 1 rings (SSSR count). The summed E-state index contributed by atoms with van der Waals surface area (Å²) in [6.07, 6.45) is 8.19. The Morgan fingerprint density at radius 3 is 1.71 bits per heavy atom. The maximum atomic E-state index is 6.34. The van der Waals surface area contributed by atoms with Gasteiger partial charge in [-0.1, -0.05) is 77.0 Å². The Labute approximate surface area is 149 Å². The summed E-state index contributed by atoms with van der Waals surface area (Å²) in [5.41, 5.74) is 1.05.